The van der Waals surface area contributed by atoms with Gasteiger partial charge in [0.15, 0.2) is 23.2 Å². The normalized spacial score (nSPS) is 23.3. The number of ether oxygens (including phenoxy) is 3. The van der Waals surface area contributed by atoms with Crippen LogP contribution in [0.1, 0.15) is 11.8 Å². The monoisotopic (exact) mass is 432 g/mol. The van der Waals surface area contributed by atoms with Crippen LogP contribution < -0.4 is 20.5 Å². The zero-order chi connectivity index (χ0) is 22.1. The second-order valence-electron chi connectivity index (χ2n) is 7.00. The predicted molar refractivity (Wildman–Crippen MR) is 110 cm³/mol. The number of hydrogen-bond donors (Lipinski definition) is 5. The molecule has 3 heterocycles. The molecule has 1 fully saturated rings. The summed E-state index contributed by atoms with van der Waals surface area (Å²) >= 11 is 0. The number of aromatic nitrogens is 4. The summed E-state index contributed by atoms with van der Waals surface area (Å²) in [5.41, 5.74) is 7.37. The summed E-state index contributed by atoms with van der Waals surface area (Å²) in [4.78, 5) is 12.7. The topological polar surface area (TPSA) is 170 Å². The molecule has 12 nitrogen and oxygen atoms in total. The molecule has 0 amide bonds. The molecule has 0 unspecified atom stereocenters. The van der Waals surface area contributed by atoms with E-state index in [1.54, 1.807) is 26.4 Å². The average Bonchev–Trinajstić information content (AvgIpc) is 3.29. The fraction of sp³-hybridized carbons (Fsp3) is 0.421. The quantitative estimate of drug-likeness (QED) is 0.330. The summed E-state index contributed by atoms with van der Waals surface area (Å²) in [6.07, 6.45) is -3.34. The van der Waals surface area contributed by atoms with Crippen molar-refractivity contribution in [3.8, 4) is 11.5 Å². The minimum Gasteiger partial charge on any atom is -0.497 e. The van der Waals surface area contributed by atoms with Crippen LogP contribution in [0.5, 0.6) is 11.5 Å². The van der Waals surface area contributed by atoms with Crippen LogP contribution >= 0.6 is 0 Å². The first-order valence-corrected chi connectivity index (χ1v) is 9.54. The Bertz CT molecular complexity index is 1080. The number of methoxy groups -OCH3 is 2. The molecule has 0 saturated carbocycles. The summed E-state index contributed by atoms with van der Waals surface area (Å²) in [5, 5.41) is 33.4. The molecule has 31 heavy (non-hydrogen) atoms. The highest BCUT2D eigenvalue weighted by atomic mass is 16.6. The number of rotatable bonds is 7. The van der Waals surface area contributed by atoms with E-state index in [2.05, 4.69) is 20.3 Å². The van der Waals surface area contributed by atoms with E-state index in [0.29, 0.717) is 22.7 Å². The number of aliphatic hydroxyl groups excluding tert-OH is 3. The van der Waals surface area contributed by atoms with Gasteiger partial charge in [0.25, 0.3) is 0 Å². The van der Waals surface area contributed by atoms with Gasteiger partial charge in [0.2, 0.25) is 5.95 Å². The molecular formula is C19H24N6O6. The van der Waals surface area contributed by atoms with Crippen LogP contribution in [0.2, 0.25) is 0 Å². The van der Waals surface area contributed by atoms with Crippen LogP contribution in [0.3, 0.4) is 0 Å². The fourth-order valence-electron chi connectivity index (χ4n) is 3.58. The van der Waals surface area contributed by atoms with Crippen molar-refractivity contribution in [2.75, 3.05) is 31.9 Å². The van der Waals surface area contributed by atoms with Gasteiger partial charge in [-0.2, -0.15) is 0 Å². The summed E-state index contributed by atoms with van der Waals surface area (Å²) in [6.45, 7) is -0.173. The SMILES string of the molecule is COc1ccc(OC)c(CNc2nc3c(N)ncnc3n2[C@@H]2O[C@H](CO)[C@@H](O)[C@H]2O)c1. The highest BCUT2D eigenvalue weighted by Gasteiger charge is 2.45. The third-order valence-corrected chi connectivity index (χ3v) is 5.20. The van der Waals surface area contributed by atoms with Gasteiger partial charge in [-0.05, 0) is 18.2 Å². The standard InChI is InChI=1S/C19H24N6O6/c1-29-10-3-4-11(30-2)9(5-10)6-21-19-24-13-16(20)22-8-23-17(13)25(19)18-15(28)14(27)12(7-26)31-18/h3-5,8,12,14-15,18,26-28H,6-7H2,1-2H3,(H,21,24)(H2,20,22,23)/t12-,14-,15-,18-/m1/s1. The number of nitrogens with one attached hydrogen (secondary N) is 1. The number of benzene rings is 1. The van der Waals surface area contributed by atoms with E-state index in [1.807, 2.05) is 6.07 Å². The maximum absolute atomic E-state index is 10.5. The third-order valence-electron chi connectivity index (χ3n) is 5.20. The number of imidazole rings is 1. The highest BCUT2D eigenvalue weighted by Crippen LogP contribution is 2.35. The van der Waals surface area contributed by atoms with Gasteiger partial charge < -0.3 is 40.6 Å². The molecule has 6 N–H and O–H groups in total. The van der Waals surface area contributed by atoms with E-state index < -0.39 is 31.1 Å². The summed E-state index contributed by atoms with van der Waals surface area (Å²) in [7, 11) is 3.14. The number of fused-ring (bicyclic) bond motifs is 1. The minimum atomic E-state index is -1.32. The zero-order valence-electron chi connectivity index (χ0n) is 17.0. The van der Waals surface area contributed by atoms with E-state index >= 15 is 0 Å². The molecule has 4 atom stereocenters. The molecule has 1 aliphatic heterocycles. The summed E-state index contributed by atoms with van der Waals surface area (Å²) < 4.78 is 17.9. The van der Waals surface area contributed by atoms with Crippen LogP contribution in [0.25, 0.3) is 11.2 Å². The molecule has 4 rings (SSSR count). The lowest BCUT2D eigenvalue weighted by atomic mass is 10.1. The predicted octanol–water partition coefficient (Wildman–Crippen LogP) is -0.351. The lowest BCUT2D eigenvalue weighted by Crippen LogP contribution is -2.33. The molecule has 2 aromatic heterocycles. The van der Waals surface area contributed by atoms with Crippen molar-refractivity contribution in [2.45, 2.75) is 31.1 Å². The first-order chi connectivity index (χ1) is 15.0. The van der Waals surface area contributed by atoms with Gasteiger partial charge in [0.1, 0.15) is 36.1 Å². The Labute approximate surface area is 177 Å². The molecule has 0 bridgehead atoms. The Hall–Kier alpha value is -3.19. The van der Waals surface area contributed by atoms with Gasteiger partial charge in [-0.25, -0.2) is 15.0 Å². The lowest BCUT2D eigenvalue weighted by Gasteiger charge is -2.20. The molecular weight excluding hydrogens is 408 g/mol. The van der Waals surface area contributed by atoms with Crippen LogP contribution in [0.15, 0.2) is 24.5 Å². The number of hydrogen-bond acceptors (Lipinski definition) is 11. The highest BCUT2D eigenvalue weighted by molar-refractivity contribution is 5.84. The average molecular weight is 432 g/mol. The lowest BCUT2D eigenvalue weighted by molar-refractivity contribution is -0.0501. The summed E-state index contributed by atoms with van der Waals surface area (Å²) in [6, 6.07) is 5.39. The molecule has 3 aromatic rings. The van der Waals surface area contributed by atoms with E-state index in [9.17, 15) is 15.3 Å². The van der Waals surface area contributed by atoms with Crippen molar-refractivity contribution >= 4 is 22.9 Å². The number of aliphatic hydroxyl groups is 3. The zero-order valence-corrected chi connectivity index (χ0v) is 17.0. The van der Waals surface area contributed by atoms with Gasteiger partial charge in [-0.1, -0.05) is 0 Å². The van der Waals surface area contributed by atoms with Crippen molar-refractivity contribution in [2.24, 2.45) is 0 Å². The van der Waals surface area contributed by atoms with Crippen LogP contribution in [0, 0.1) is 0 Å². The van der Waals surface area contributed by atoms with Crippen LogP contribution in [-0.4, -0.2) is 74.0 Å². The van der Waals surface area contributed by atoms with Gasteiger partial charge in [-0.3, -0.25) is 4.57 Å². The van der Waals surface area contributed by atoms with Gasteiger partial charge in [0, 0.05) is 12.1 Å². The van der Waals surface area contributed by atoms with E-state index in [0.717, 1.165) is 5.56 Å². The van der Waals surface area contributed by atoms with Crippen molar-refractivity contribution in [1.82, 2.24) is 19.5 Å². The Morgan fingerprint density at radius 2 is 2.00 bits per heavy atom. The van der Waals surface area contributed by atoms with Crippen LogP contribution in [0.4, 0.5) is 11.8 Å². The maximum Gasteiger partial charge on any atom is 0.207 e. The number of anilines is 2. The third kappa shape index (κ3) is 3.70. The van der Waals surface area contributed by atoms with Crippen molar-refractivity contribution in [3.63, 3.8) is 0 Å². The first kappa shape index (κ1) is 21.1. The van der Waals surface area contributed by atoms with Gasteiger partial charge in [0.05, 0.1) is 20.8 Å². The van der Waals surface area contributed by atoms with E-state index in [4.69, 9.17) is 19.9 Å². The molecule has 0 radical (unpaired) electrons. The Balaban J connectivity index is 1.73. The molecule has 1 saturated heterocycles. The number of nitrogen functional groups attached to an aromatic ring is 1. The Morgan fingerprint density at radius 1 is 1.19 bits per heavy atom. The molecule has 1 aliphatic rings. The number of nitrogens with two attached hydrogens (primary N) is 1. The van der Waals surface area contributed by atoms with Crippen molar-refractivity contribution in [3.05, 3.63) is 30.1 Å². The Kier molecular flexibility index (Phi) is 5.78. The fourth-order valence-corrected chi connectivity index (χ4v) is 3.58. The van der Waals surface area contributed by atoms with Gasteiger partial charge in [-0.15, -0.1) is 0 Å². The molecule has 0 spiro atoms. The van der Waals surface area contributed by atoms with Crippen LogP contribution in [-0.2, 0) is 11.3 Å². The van der Waals surface area contributed by atoms with E-state index in [1.165, 1.54) is 10.9 Å². The second-order valence-corrected chi connectivity index (χ2v) is 7.00. The number of nitrogens with zero attached hydrogens (tertiary/aromatic N) is 4. The molecule has 1 aromatic carbocycles. The van der Waals surface area contributed by atoms with E-state index in [-0.39, 0.29) is 18.3 Å². The summed E-state index contributed by atoms with van der Waals surface area (Å²) in [5.74, 6) is 1.73. The second kappa shape index (κ2) is 8.51. The first-order valence-electron chi connectivity index (χ1n) is 9.54. The Morgan fingerprint density at radius 3 is 2.68 bits per heavy atom. The van der Waals surface area contributed by atoms with Crippen molar-refractivity contribution in [1.29, 1.82) is 0 Å². The largest absolute Gasteiger partial charge is 0.497 e. The maximum atomic E-state index is 10.5. The van der Waals surface area contributed by atoms with Gasteiger partial charge >= 0.3 is 0 Å². The molecule has 0 aliphatic carbocycles. The smallest absolute Gasteiger partial charge is 0.207 e. The molecule has 166 valence electrons. The minimum absolute atomic E-state index is 0.150. The molecule has 12 heteroatoms. The van der Waals surface area contributed by atoms with Crippen molar-refractivity contribution < 1.29 is 29.5 Å².